The maximum atomic E-state index is 12.2. The minimum atomic E-state index is -3.29. The van der Waals surface area contributed by atoms with Gasteiger partial charge in [0.25, 0.3) is 0 Å². The van der Waals surface area contributed by atoms with Crippen molar-refractivity contribution in [3.8, 4) is 28.2 Å². The van der Waals surface area contributed by atoms with Crippen molar-refractivity contribution in [1.29, 1.82) is 0 Å². The van der Waals surface area contributed by atoms with Gasteiger partial charge in [-0.1, -0.05) is 66.0 Å². The van der Waals surface area contributed by atoms with Crippen molar-refractivity contribution in [2.75, 3.05) is 5.75 Å². The Morgan fingerprint density at radius 2 is 1.65 bits per heavy atom. The van der Waals surface area contributed by atoms with E-state index in [0.717, 1.165) is 11.1 Å². The molecule has 0 aliphatic carbocycles. The first-order valence-corrected chi connectivity index (χ1v) is 12.2. The fraction of sp³-hybridized carbons (Fsp3) is 0.0870. The maximum Gasteiger partial charge on any atom is 0.178 e. The second-order valence-electron chi connectivity index (χ2n) is 6.82. The van der Waals surface area contributed by atoms with Crippen molar-refractivity contribution in [3.63, 3.8) is 0 Å². The molecule has 1 heterocycles. The third kappa shape index (κ3) is 4.23. The quantitative estimate of drug-likeness (QED) is 0.303. The van der Waals surface area contributed by atoms with Gasteiger partial charge < -0.3 is 0 Å². The molecular weight excluding hydrogens is 475 g/mol. The molecule has 0 radical (unpaired) electrons. The highest BCUT2D eigenvalue weighted by Gasteiger charge is 2.16. The largest absolute Gasteiger partial charge is 0.298 e. The van der Waals surface area contributed by atoms with Crippen molar-refractivity contribution >= 4 is 44.6 Å². The predicted molar refractivity (Wildman–Crippen MR) is 127 cm³/mol. The summed E-state index contributed by atoms with van der Waals surface area (Å²) in [5.41, 5.74) is 2.99. The lowest BCUT2D eigenvalue weighted by Gasteiger charge is -2.13. The van der Waals surface area contributed by atoms with Gasteiger partial charge in [-0.2, -0.15) is 0 Å². The minimum absolute atomic E-state index is 0.0472. The fourth-order valence-corrected chi connectivity index (χ4v) is 4.87. The zero-order chi connectivity index (χ0) is 22.2. The Hall–Kier alpha value is -2.31. The zero-order valence-electron chi connectivity index (χ0n) is 16.4. The molecule has 0 amide bonds. The van der Waals surface area contributed by atoms with Crippen LogP contribution in [-0.2, 0) is 9.84 Å². The summed E-state index contributed by atoms with van der Waals surface area (Å²) in [6.07, 6.45) is 3.46. The van der Waals surface area contributed by atoms with Crippen LogP contribution in [0.4, 0.5) is 0 Å². The summed E-state index contributed by atoms with van der Waals surface area (Å²) in [5.74, 6) is 0.657. The van der Waals surface area contributed by atoms with Crippen LogP contribution < -0.4 is 0 Å². The van der Waals surface area contributed by atoms with E-state index < -0.39 is 9.84 Å². The van der Waals surface area contributed by atoms with Crippen LogP contribution in [0.1, 0.15) is 6.92 Å². The van der Waals surface area contributed by atoms with Gasteiger partial charge in [0.05, 0.1) is 31.4 Å². The molecule has 3 aromatic carbocycles. The lowest BCUT2D eigenvalue weighted by Crippen LogP contribution is -2.03. The molecule has 0 N–H and O–H groups in total. The van der Waals surface area contributed by atoms with Gasteiger partial charge in [-0.25, -0.2) is 13.4 Å². The third-order valence-corrected chi connectivity index (χ3v) is 7.80. The first-order chi connectivity index (χ1) is 14.8. The fourth-order valence-electron chi connectivity index (χ4n) is 3.29. The molecule has 0 fully saturated rings. The molecule has 4 rings (SSSR count). The van der Waals surface area contributed by atoms with Crippen LogP contribution in [0.5, 0.6) is 0 Å². The lowest BCUT2D eigenvalue weighted by molar-refractivity contribution is 0.597. The molecule has 0 spiro atoms. The second kappa shape index (κ2) is 8.67. The number of sulfone groups is 1. The van der Waals surface area contributed by atoms with E-state index in [1.165, 1.54) is 0 Å². The zero-order valence-corrected chi connectivity index (χ0v) is 19.5. The topological polar surface area (TPSA) is 52.0 Å². The Bertz CT molecular complexity index is 1380. The van der Waals surface area contributed by atoms with Crippen molar-refractivity contribution in [3.05, 3.63) is 88.1 Å². The molecule has 4 aromatic rings. The van der Waals surface area contributed by atoms with Crippen LogP contribution in [0.2, 0.25) is 15.1 Å². The number of aromatic nitrogens is 2. The average Bonchev–Trinajstić information content (AvgIpc) is 3.25. The van der Waals surface area contributed by atoms with Gasteiger partial charge >= 0.3 is 0 Å². The summed E-state index contributed by atoms with van der Waals surface area (Å²) in [6.45, 7) is 1.63. The number of halogens is 3. The number of nitrogens with zero attached hydrogens (tertiary/aromatic N) is 2. The molecule has 31 heavy (non-hydrogen) atoms. The van der Waals surface area contributed by atoms with E-state index in [1.54, 1.807) is 49.6 Å². The van der Waals surface area contributed by atoms with E-state index in [-0.39, 0.29) is 5.75 Å². The van der Waals surface area contributed by atoms with Gasteiger partial charge in [0.1, 0.15) is 5.82 Å². The first-order valence-electron chi connectivity index (χ1n) is 9.42. The Kier molecular flexibility index (Phi) is 6.13. The Morgan fingerprint density at radius 3 is 2.39 bits per heavy atom. The number of hydrogen-bond acceptors (Lipinski definition) is 3. The Balaban J connectivity index is 1.77. The SMILES string of the molecule is CCS(=O)(=O)c1cccc(-c2ccc(-n3ccnc3-c3cccc(Cl)c3Cl)c(Cl)c2)c1. The van der Waals surface area contributed by atoms with E-state index >= 15 is 0 Å². The number of benzene rings is 3. The molecule has 0 aliphatic heterocycles. The summed E-state index contributed by atoms with van der Waals surface area (Å²) in [5, 5.41) is 1.34. The van der Waals surface area contributed by atoms with Crippen LogP contribution >= 0.6 is 34.8 Å². The molecule has 8 heteroatoms. The summed E-state index contributed by atoms with van der Waals surface area (Å²) in [6, 6.07) is 17.8. The van der Waals surface area contributed by atoms with Gasteiger partial charge in [-0.05, 0) is 47.5 Å². The highest BCUT2D eigenvalue weighted by atomic mass is 35.5. The second-order valence-corrected chi connectivity index (χ2v) is 10.3. The Morgan fingerprint density at radius 1 is 0.903 bits per heavy atom. The van der Waals surface area contributed by atoms with Crippen molar-refractivity contribution < 1.29 is 8.42 Å². The van der Waals surface area contributed by atoms with Crippen LogP contribution in [0.3, 0.4) is 0 Å². The van der Waals surface area contributed by atoms with Crippen LogP contribution in [-0.4, -0.2) is 23.7 Å². The highest BCUT2D eigenvalue weighted by molar-refractivity contribution is 7.91. The van der Waals surface area contributed by atoms with E-state index in [1.807, 2.05) is 34.9 Å². The number of rotatable bonds is 5. The highest BCUT2D eigenvalue weighted by Crippen LogP contribution is 2.36. The van der Waals surface area contributed by atoms with E-state index in [9.17, 15) is 8.42 Å². The number of hydrogen-bond donors (Lipinski definition) is 0. The summed E-state index contributed by atoms with van der Waals surface area (Å²) in [7, 11) is -3.29. The summed E-state index contributed by atoms with van der Waals surface area (Å²) >= 11 is 19.2. The Labute approximate surface area is 196 Å². The van der Waals surface area contributed by atoms with Gasteiger partial charge in [0, 0.05) is 18.0 Å². The molecule has 0 aliphatic rings. The van der Waals surface area contributed by atoms with E-state index in [2.05, 4.69) is 4.98 Å². The molecular formula is C23H17Cl3N2O2S. The monoisotopic (exact) mass is 490 g/mol. The minimum Gasteiger partial charge on any atom is -0.298 e. The maximum absolute atomic E-state index is 12.2. The molecule has 0 bridgehead atoms. The van der Waals surface area contributed by atoms with Crippen LogP contribution in [0.25, 0.3) is 28.2 Å². The molecule has 0 unspecified atom stereocenters. The molecule has 158 valence electrons. The molecule has 0 saturated carbocycles. The van der Waals surface area contributed by atoms with Crippen molar-refractivity contribution in [2.45, 2.75) is 11.8 Å². The van der Waals surface area contributed by atoms with Gasteiger partial charge in [0.15, 0.2) is 9.84 Å². The predicted octanol–water partition coefficient (Wildman–Crippen LogP) is 6.96. The standard InChI is InChI=1S/C23H17Cl3N2O2S/c1-2-31(29,30)17-6-3-5-15(13-17)16-9-10-21(20(25)14-16)28-12-11-27-23(28)18-7-4-8-19(24)22(18)26/h3-14H,2H2,1H3. The molecule has 0 atom stereocenters. The van der Waals surface area contributed by atoms with Crippen LogP contribution in [0, 0.1) is 0 Å². The lowest BCUT2D eigenvalue weighted by atomic mass is 10.1. The van der Waals surface area contributed by atoms with E-state index in [4.69, 9.17) is 34.8 Å². The molecule has 0 saturated heterocycles. The molecule has 4 nitrogen and oxygen atoms in total. The van der Waals surface area contributed by atoms with Crippen LogP contribution in [0.15, 0.2) is 78.0 Å². The first kappa shape index (κ1) is 21.9. The smallest absolute Gasteiger partial charge is 0.178 e. The van der Waals surface area contributed by atoms with Gasteiger partial charge in [0.2, 0.25) is 0 Å². The van der Waals surface area contributed by atoms with E-state index in [0.29, 0.717) is 37.0 Å². The van der Waals surface area contributed by atoms with Crippen molar-refractivity contribution in [1.82, 2.24) is 9.55 Å². The number of imidazole rings is 1. The van der Waals surface area contributed by atoms with Gasteiger partial charge in [-0.15, -0.1) is 0 Å². The third-order valence-electron chi connectivity index (χ3n) is 4.95. The van der Waals surface area contributed by atoms with Crippen molar-refractivity contribution in [2.24, 2.45) is 0 Å². The van der Waals surface area contributed by atoms with Gasteiger partial charge in [-0.3, -0.25) is 4.57 Å². The average molecular weight is 492 g/mol. The summed E-state index contributed by atoms with van der Waals surface area (Å²) < 4.78 is 26.3. The normalized spacial score (nSPS) is 11.6. The summed E-state index contributed by atoms with van der Waals surface area (Å²) in [4.78, 5) is 4.72. The molecule has 1 aromatic heterocycles.